The second-order valence-corrected chi connectivity index (χ2v) is 10.9. The molecule has 0 saturated carbocycles. The van der Waals surface area contributed by atoms with E-state index in [4.69, 9.17) is 9.47 Å². The van der Waals surface area contributed by atoms with Crippen molar-refractivity contribution in [3.05, 3.63) is 103 Å². The van der Waals surface area contributed by atoms with Gasteiger partial charge in [0, 0.05) is 6.08 Å². The second-order valence-electron chi connectivity index (χ2n) is 7.37. The van der Waals surface area contributed by atoms with Gasteiger partial charge in [-0.05, 0) is 56.7 Å². The molecular weight excluding hydrogens is 526 g/mol. The third kappa shape index (κ3) is 5.34. The van der Waals surface area contributed by atoms with E-state index >= 15 is 0 Å². The first-order chi connectivity index (χ1) is 15.2. The average molecular weight is 560 g/mol. The number of unbranched alkanes of at least 4 members (excludes halogenated alkanes) is 1. The van der Waals surface area contributed by atoms with Gasteiger partial charge in [-0.15, -0.1) is 0 Å². The zero-order valence-electron chi connectivity index (χ0n) is 19.3. The Bertz CT molecular complexity index is 827. The van der Waals surface area contributed by atoms with E-state index in [1.54, 1.807) is 0 Å². The quantitative estimate of drug-likeness (QED) is 0.156. The lowest BCUT2D eigenvalue weighted by atomic mass is 10.3. The van der Waals surface area contributed by atoms with Crippen molar-refractivity contribution < 1.29 is 33.5 Å². The summed E-state index contributed by atoms with van der Waals surface area (Å²) < 4.78 is 13.4. The largest absolute Gasteiger partial charge is 1.00 e. The highest BCUT2D eigenvalue weighted by atomic mass is 127. The molecule has 0 N–H and O–H groups in total. The molecule has 0 aliphatic carbocycles. The molecule has 3 rings (SSSR count). The Morgan fingerprint density at radius 1 is 0.656 bits per heavy atom. The van der Waals surface area contributed by atoms with Crippen LogP contribution in [0.5, 0.6) is 0 Å². The average Bonchev–Trinajstić information content (AvgIpc) is 2.82. The van der Waals surface area contributed by atoms with Crippen molar-refractivity contribution in [2.75, 3.05) is 13.2 Å². The van der Waals surface area contributed by atoms with E-state index in [0.29, 0.717) is 13.2 Å². The lowest BCUT2D eigenvalue weighted by molar-refractivity contribution is -0.137. The Labute approximate surface area is 211 Å². The summed E-state index contributed by atoms with van der Waals surface area (Å²) in [7, 11) is -2.40. The van der Waals surface area contributed by atoms with Crippen LogP contribution in [-0.4, -0.2) is 18.7 Å². The fraction of sp³-hybridized carbons (Fsp3) is 0.286. The van der Waals surface area contributed by atoms with Crippen molar-refractivity contribution in [2.45, 2.75) is 39.1 Å². The third-order valence-electron chi connectivity index (χ3n) is 5.38. The van der Waals surface area contributed by atoms with Gasteiger partial charge in [0.05, 0.1) is 13.2 Å². The Hall–Kier alpha value is -1.52. The highest BCUT2D eigenvalue weighted by Crippen LogP contribution is 2.67. The van der Waals surface area contributed by atoms with E-state index in [1.165, 1.54) is 15.9 Å². The molecule has 32 heavy (non-hydrogen) atoms. The molecule has 0 heterocycles. The highest BCUT2D eigenvalue weighted by Gasteiger charge is 2.64. The van der Waals surface area contributed by atoms with Crippen LogP contribution in [0.25, 0.3) is 0 Å². The Morgan fingerprint density at radius 2 is 1.03 bits per heavy atom. The van der Waals surface area contributed by atoms with Gasteiger partial charge in [-0.3, -0.25) is 0 Å². The van der Waals surface area contributed by atoms with Gasteiger partial charge in [-0.2, -0.15) is 0 Å². The summed E-state index contributed by atoms with van der Waals surface area (Å²) in [6, 6.07) is 32.3. The molecule has 4 heteroatoms. The van der Waals surface area contributed by atoms with Gasteiger partial charge in [0.25, 0.3) is 0 Å². The summed E-state index contributed by atoms with van der Waals surface area (Å²) in [6.45, 7) is 7.42. The van der Waals surface area contributed by atoms with Gasteiger partial charge in [0.15, 0.2) is 7.26 Å². The fourth-order valence-corrected chi connectivity index (χ4v) is 9.00. The first-order valence-electron chi connectivity index (χ1n) is 11.3. The van der Waals surface area contributed by atoms with Crippen molar-refractivity contribution >= 4 is 23.2 Å². The number of benzene rings is 3. The number of halogens is 1. The molecule has 0 fully saturated rings. The van der Waals surface area contributed by atoms with Crippen LogP contribution in [0, 0.1) is 0 Å². The summed E-state index contributed by atoms with van der Waals surface area (Å²) in [5.74, 6) is 0. The minimum atomic E-state index is -2.40. The number of allylic oxidation sites excluding steroid dienone is 1. The SMILES string of the molecule is CCCC=CC(OCC)(OCC)[P+](c1ccccc1)(c1ccccc1)c1ccccc1.[I-]. The summed E-state index contributed by atoms with van der Waals surface area (Å²) in [5.41, 5.74) is -0.893. The predicted octanol–water partition coefficient (Wildman–Crippen LogP) is 3.07. The number of ether oxygens (including phenoxy) is 2. The van der Waals surface area contributed by atoms with E-state index < -0.39 is 12.8 Å². The fourth-order valence-electron chi connectivity index (χ4n) is 4.20. The van der Waals surface area contributed by atoms with Crippen LogP contribution in [0.1, 0.15) is 33.6 Å². The van der Waals surface area contributed by atoms with Crippen molar-refractivity contribution in [3.63, 3.8) is 0 Å². The molecule has 3 aromatic carbocycles. The molecule has 0 unspecified atom stereocenters. The first kappa shape index (κ1) is 26.7. The van der Waals surface area contributed by atoms with E-state index in [-0.39, 0.29) is 24.0 Å². The molecule has 0 aliphatic rings. The molecule has 0 spiro atoms. The molecule has 3 aromatic rings. The molecule has 0 radical (unpaired) electrons. The van der Waals surface area contributed by atoms with Crippen LogP contribution in [0.15, 0.2) is 103 Å². The third-order valence-corrected chi connectivity index (χ3v) is 9.94. The molecule has 0 amide bonds. The minimum Gasteiger partial charge on any atom is -1.00 e. The Morgan fingerprint density at radius 3 is 1.34 bits per heavy atom. The molecule has 170 valence electrons. The number of rotatable bonds is 11. The summed E-state index contributed by atoms with van der Waals surface area (Å²) in [5, 5.41) is 3.74. The number of hydrogen-bond donors (Lipinski definition) is 0. The van der Waals surface area contributed by atoms with Crippen LogP contribution >= 0.6 is 7.26 Å². The lowest BCUT2D eigenvalue weighted by Gasteiger charge is -2.41. The monoisotopic (exact) mass is 560 g/mol. The van der Waals surface area contributed by atoms with Gasteiger partial charge < -0.3 is 33.5 Å². The van der Waals surface area contributed by atoms with Gasteiger partial charge >= 0.3 is 5.53 Å². The van der Waals surface area contributed by atoms with Crippen molar-refractivity contribution in [3.8, 4) is 0 Å². The van der Waals surface area contributed by atoms with E-state index in [0.717, 1.165) is 12.8 Å². The van der Waals surface area contributed by atoms with Crippen LogP contribution in [0.2, 0.25) is 0 Å². The van der Waals surface area contributed by atoms with Crippen LogP contribution in [0.4, 0.5) is 0 Å². The molecule has 0 bridgehead atoms. The predicted molar refractivity (Wildman–Crippen MR) is 135 cm³/mol. The van der Waals surface area contributed by atoms with E-state index in [2.05, 4.69) is 124 Å². The molecule has 0 aromatic heterocycles. The van der Waals surface area contributed by atoms with Gasteiger partial charge in [0.1, 0.15) is 15.9 Å². The van der Waals surface area contributed by atoms with Crippen LogP contribution in [0.3, 0.4) is 0 Å². The van der Waals surface area contributed by atoms with Crippen molar-refractivity contribution in [1.29, 1.82) is 0 Å². The second kappa shape index (κ2) is 13.3. The molecule has 2 nitrogen and oxygen atoms in total. The van der Waals surface area contributed by atoms with E-state index in [9.17, 15) is 0 Å². The summed E-state index contributed by atoms with van der Waals surface area (Å²) in [6.07, 6.45) is 6.50. The maximum Gasteiger partial charge on any atom is 0.318 e. The minimum absolute atomic E-state index is 0. The lowest BCUT2D eigenvalue weighted by Crippen LogP contribution is -3.00. The summed E-state index contributed by atoms with van der Waals surface area (Å²) in [4.78, 5) is 0. The smallest absolute Gasteiger partial charge is 0.318 e. The van der Waals surface area contributed by atoms with Crippen LogP contribution in [-0.2, 0) is 9.47 Å². The van der Waals surface area contributed by atoms with Gasteiger partial charge in [0.2, 0.25) is 0 Å². The molecular formula is C28H34IO2P. The normalized spacial score (nSPS) is 12.0. The molecule has 0 saturated heterocycles. The van der Waals surface area contributed by atoms with E-state index in [1.807, 2.05) is 0 Å². The standard InChI is InChI=1S/C28H34O2P.HI/c1-4-7-17-24-28(29-5-2,30-6-3)31(25-18-11-8-12-19-25,26-20-13-9-14-21-26)27-22-15-10-16-23-27;/h8-24H,4-7H2,1-3H3;1H/q+1;/p-1. The Balaban J connectivity index is 0.00000363. The molecule has 0 atom stereocenters. The van der Waals surface area contributed by atoms with Gasteiger partial charge in [-0.25, -0.2) is 0 Å². The zero-order valence-corrected chi connectivity index (χ0v) is 22.3. The molecule has 0 aliphatic heterocycles. The van der Waals surface area contributed by atoms with Crippen molar-refractivity contribution in [2.24, 2.45) is 0 Å². The zero-order chi connectivity index (χ0) is 22.0. The first-order valence-corrected chi connectivity index (χ1v) is 13.1. The highest BCUT2D eigenvalue weighted by molar-refractivity contribution is 7.96. The maximum absolute atomic E-state index is 6.69. The Kier molecular flexibility index (Phi) is 11.1. The summed E-state index contributed by atoms with van der Waals surface area (Å²) >= 11 is 0. The van der Waals surface area contributed by atoms with Crippen molar-refractivity contribution in [1.82, 2.24) is 0 Å². The topological polar surface area (TPSA) is 18.5 Å². The maximum atomic E-state index is 6.69. The van der Waals surface area contributed by atoms with Gasteiger partial charge in [-0.1, -0.05) is 74.0 Å². The van der Waals surface area contributed by atoms with Crippen LogP contribution < -0.4 is 39.9 Å². The number of hydrogen-bond acceptors (Lipinski definition) is 2.